The first-order valence-electron chi connectivity index (χ1n) is 9.61. The molecule has 2 aromatic rings. The smallest absolute Gasteiger partial charge is 0.224 e. The summed E-state index contributed by atoms with van der Waals surface area (Å²) in [5.41, 5.74) is 1.44. The minimum Gasteiger partial charge on any atom is -0.497 e. The Morgan fingerprint density at radius 2 is 1.93 bits per heavy atom. The first-order valence-corrected chi connectivity index (χ1v) is 12.0. The van der Waals surface area contributed by atoms with E-state index in [4.69, 9.17) is 27.9 Å². The molecule has 30 heavy (non-hydrogen) atoms. The van der Waals surface area contributed by atoms with Crippen LogP contribution >= 0.6 is 23.2 Å². The Kier molecular flexibility index (Phi) is 7.63. The van der Waals surface area contributed by atoms with Crippen LogP contribution in [0.3, 0.4) is 0 Å². The fourth-order valence-corrected chi connectivity index (χ4v) is 5.61. The Balaban J connectivity index is 1.59. The number of ether oxygens (including phenoxy) is 1. The van der Waals surface area contributed by atoms with E-state index in [0.717, 1.165) is 11.3 Å². The van der Waals surface area contributed by atoms with Crippen molar-refractivity contribution in [2.45, 2.75) is 25.1 Å². The molecule has 1 N–H and O–H groups in total. The fourth-order valence-electron chi connectivity index (χ4n) is 3.41. The number of benzene rings is 2. The Labute approximate surface area is 187 Å². The Bertz CT molecular complexity index is 997. The number of rotatable bonds is 7. The van der Waals surface area contributed by atoms with Crippen molar-refractivity contribution in [3.05, 3.63) is 63.6 Å². The van der Waals surface area contributed by atoms with Crippen LogP contribution < -0.4 is 10.1 Å². The molecule has 0 bridgehead atoms. The van der Waals surface area contributed by atoms with Gasteiger partial charge in [-0.2, -0.15) is 0 Å². The maximum Gasteiger partial charge on any atom is 0.224 e. The summed E-state index contributed by atoms with van der Waals surface area (Å²) in [5.74, 6) is 0.00474. The third-order valence-corrected chi connectivity index (χ3v) is 7.51. The van der Waals surface area contributed by atoms with Crippen LogP contribution in [0.2, 0.25) is 10.0 Å². The van der Waals surface area contributed by atoms with Crippen LogP contribution in [-0.4, -0.2) is 38.8 Å². The van der Waals surface area contributed by atoms with Crippen LogP contribution in [-0.2, 0) is 27.1 Å². The first kappa shape index (κ1) is 22.9. The number of carbonyl (C=O) groups excluding carboxylic acids is 1. The zero-order chi connectivity index (χ0) is 21.7. The van der Waals surface area contributed by atoms with Crippen LogP contribution in [0.1, 0.15) is 24.0 Å². The number of halogens is 2. The predicted octanol–water partition coefficient (Wildman–Crippen LogP) is 3.86. The molecule has 1 amide bonds. The molecule has 0 spiro atoms. The Morgan fingerprint density at radius 1 is 1.20 bits per heavy atom. The molecule has 1 saturated heterocycles. The molecular formula is C21H24Cl2N2O4S. The molecule has 1 atom stereocenters. The van der Waals surface area contributed by atoms with Gasteiger partial charge in [-0.15, -0.1) is 0 Å². The lowest BCUT2D eigenvalue weighted by Crippen LogP contribution is -2.45. The van der Waals surface area contributed by atoms with Crippen molar-refractivity contribution in [2.24, 2.45) is 5.92 Å². The number of hydrogen-bond donors (Lipinski definition) is 1. The van der Waals surface area contributed by atoms with Crippen LogP contribution in [0.5, 0.6) is 5.75 Å². The van der Waals surface area contributed by atoms with E-state index >= 15 is 0 Å². The third kappa shape index (κ3) is 5.88. The van der Waals surface area contributed by atoms with Gasteiger partial charge in [-0.05, 0) is 48.2 Å². The molecule has 162 valence electrons. The molecule has 0 aliphatic carbocycles. The average molecular weight is 471 g/mol. The summed E-state index contributed by atoms with van der Waals surface area (Å²) >= 11 is 12.0. The zero-order valence-corrected chi connectivity index (χ0v) is 18.9. The number of piperidine rings is 1. The van der Waals surface area contributed by atoms with E-state index in [2.05, 4.69) is 5.32 Å². The van der Waals surface area contributed by atoms with Gasteiger partial charge in [0.1, 0.15) is 5.75 Å². The van der Waals surface area contributed by atoms with Gasteiger partial charge in [0.2, 0.25) is 15.9 Å². The SMILES string of the molecule is COc1ccc(CNC(=O)C2CCCN(S(=O)(=O)Cc3ccc(Cl)cc3Cl)C2)cc1. The molecule has 1 heterocycles. The van der Waals surface area contributed by atoms with Gasteiger partial charge in [0.15, 0.2) is 0 Å². The van der Waals surface area contributed by atoms with Gasteiger partial charge in [0, 0.05) is 29.7 Å². The molecule has 0 aromatic heterocycles. The molecule has 1 aliphatic heterocycles. The van der Waals surface area contributed by atoms with Crippen molar-refractivity contribution in [1.82, 2.24) is 9.62 Å². The summed E-state index contributed by atoms with van der Waals surface area (Å²) in [4.78, 5) is 12.6. The van der Waals surface area contributed by atoms with Crippen molar-refractivity contribution in [3.63, 3.8) is 0 Å². The van der Waals surface area contributed by atoms with Crippen molar-refractivity contribution in [2.75, 3.05) is 20.2 Å². The molecule has 1 aliphatic rings. The van der Waals surface area contributed by atoms with Crippen LogP contribution in [0.15, 0.2) is 42.5 Å². The van der Waals surface area contributed by atoms with E-state index in [0.29, 0.717) is 41.5 Å². The lowest BCUT2D eigenvalue weighted by Gasteiger charge is -2.31. The highest BCUT2D eigenvalue weighted by atomic mass is 35.5. The minimum atomic E-state index is -3.60. The molecule has 9 heteroatoms. The van der Waals surface area contributed by atoms with E-state index in [1.807, 2.05) is 24.3 Å². The monoisotopic (exact) mass is 470 g/mol. The second-order valence-electron chi connectivity index (χ2n) is 7.26. The molecular weight excluding hydrogens is 447 g/mol. The maximum absolute atomic E-state index is 12.9. The van der Waals surface area contributed by atoms with Gasteiger partial charge < -0.3 is 10.1 Å². The Morgan fingerprint density at radius 3 is 2.60 bits per heavy atom. The number of hydrogen-bond acceptors (Lipinski definition) is 4. The van der Waals surface area contributed by atoms with E-state index in [-0.39, 0.29) is 24.1 Å². The lowest BCUT2D eigenvalue weighted by atomic mass is 9.99. The number of methoxy groups -OCH3 is 1. The third-order valence-electron chi connectivity index (χ3n) is 5.13. The topological polar surface area (TPSA) is 75.7 Å². The number of nitrogens with zero attached hydrogens (tertiary/aromatic N) is 1. The molecule has 1 fully saturated rings. The summed E-state index contributed by atoms with van der Waals surface area (Å²) in [6.07, 6.45) is 1.29. The highest BCUT2D eigenvalue weighted by molar-refractivity contribution is 7.88. The second-order valence-corrected chi connectivity index (χ2v) is 10.1. The number of carbonyl (C=O) groups is 1. The standard InChI is InChI=1S/C21H24Cl2N2O4S/c1-29-19-8-4-15(5-9-19)12-24-21(26)16-3-2-10-25(13-16)30(27,28)14-17-6-7-18(22)11-20(17)23/h4-9,11,16H,2-3,10,12-14H2,1H3,(H,24,26). The second kappa shape index (κ2) is 10.0. The first-order chi connectivity index (χ1) is 14.3. The number of amides is 1. The van der Waals surface area contributed by atoms with Crippen molar-refractivity contribution >= 4 is 39.1 Å². The normalized spacial score (nSPS) is 17.5. The van der Waals surface area contributed by atoms with Crippen molar-refractivity contribution in [1.29, 1.82) is 0 Å². The highest BCUT2D eigenvalue weighted by Crippen LogP contribution is 2.26. The van der Waals surface area contributed by atoms with E-state index in [1.54, 1.807) is 19.2 Å². The van der Waals surface area contributed by atoms with Crippen molar-refractivity contribution < 1.29 is 17.9 Å². The molecule has 6 nitrogen and oxygen atoms in total. The van der Waals surface area contributed by atoms with E-state index < -0.39 is 10.0 Å². The maximum atomic E-state index is 12.9. The predicted molar refractivity (Wildman–Crippen MR) is 118 cm³/mol. The Hall–Kier alpha value is -1.80. The zero-order valence-electron chi connectivity index (χ0n) is 16.6. The lowest BCUT2D eigenvalue weighted by molar-refractivity contribution is -0.126. The fraction of sp³-hybridized carbons (Fsp3) is 0.381. The van der Waals surface area contributed by atoms with Crippen LogP contribution in [0.25, 0.3) is 0 Å². The van der Waals surface area contributed by atoms with Crippen LogP contribution in [0.4, 0.5) is 0 Å². The summed E-state index contributed by atoms with van der Waals surface area (Å²) in [7, 11) is -2.00. The van der Waals surface area contributed by atoms with Gasteiger partial charge in [0.05, 0.1) is 18.8 Å². The summed E-state index contributed by atoms with van der Waals surface area (Å²) in [6, 6.07) is 12.2. The number of nitrogens with one attached hydrogen (secondary N) is 1. The van der Waals surface area contributed by atoms with Gasteiger partial charge in [-0.25, -0.2) is 12.7 Å². The minimum absolute atomic E-state index is 0.143. The molecule has 3 rings (SSSR count). The summed E-state index contributed by atoms with van der Waals surface area (Å²) in [5, 5.41) is 3.67. The van der Waals surface area contributed by atoms with E-state index in [1.165, 1.54) is 10.4 Å². The van der Waals surface area contributed by atoms with Crippen LogP contribution in [0, 0.1) is 5.92 Å². The number of sulfonamides is 1. The van der Waals surface area contributed by atoms with Crippen molar-refractivity contribution in [3.8, 4) is 5.75 Å². The highest BCUT2D eigenvalue weighted by Gasteiger charge is 2.32. The van der Waals surface area contributed by atoms with Gasteiger partial charge in [0.25, 0.3) is 0 Å². The van der Waals surface area contributed by atoms with Gasteiger partial charge in [-0.3, -0.25) is 4.79 Å². The molecule has 1 unspecified atom stereocenters. The summed E-state index contributed by atoms with van der Waals surface area (Å²) in [6.45, 7) is 0.949. The summed E-state index contributed by atoms with van der Waals surface area (Å²) < 4.78 is 32.3. The molecule has 0 saturated carbocycles. The van der Waals surface area contributed by atoms with Gasteiger partial charge in [-0.1, -0.05) is 41.4 Å². The molecule has 0 radical (unpaired) electrons. The van der Waals surface area contributed by atoms with E-state index in [9.17, 15) is 13.2 Å². The quantitative estimate of drug-likeness (QED) is 0.666. The average Bonchev–Trinajstić information content (AvgIpc) is 2.74. The molecule has 2 aromatic carbocycles. The van der Waals surface area contributed by atoms with Gasteiger partial charge >= 0.3 is 0 Å². The largest absolute Gasteiger partial charge is 0.497 e.